The maximum Gasteiger partial charge on any atom is 0.240 e. The van der Waals surface area contributed by atoms with Crippen molar-refractivity contribution in [1.29, 1.82) is 0 Å². The fraction of sp³-hybridized carbons (Fsp3) is 0.533. The molecule has 2 heterocycles. The number of carbonyl (C=O) groups is 3. The molecule has 0 spiro atoms. The third kappa shape index (κ3) is 2.72. The molecular weight excluding hydrogens is 288 g/mol. The molecule has 1 aromatic rings. The number of imide groups is 1. The van der Waals surface area contributed by atoms with Crippen LogP contribution in [0.1, 0.15) is 43.4 Å². The monoisotopic (exact) mass is 306 g/mol. The number of thiophene rings is 1. The first-order valence-electron chi connectivity index (χ1n) is 7.29. The number of hydrogen-bond acceptors (Lipinski definition) is 4. The number of rotatable bonds is 4. The minimum absolute atomic E-state index is 0.148. The van der Waals surface area contributed by atoms with Crippen LogP contribution in [0.5, 0.6) is 0 Å². The van der Waals surface area contributed by atoms with Crippen LogP contribution in [0.4, 0.5) is 0 Å². The summed E-state index contributed by atoms with van der Waals surface area (Å²) in [4.78, 5) is 37.7. The molecule has 3 amide bonds. The number of likely N-dealkylation sites (tertiary alicyclic amines) is 1. The van der Waals surface area contributed by atoms with Crippen molar-refractivity contribution in [2.45, 2.75) is 44.1 Å². The Morgan fingerprint density at radius 2 is 1.90 bits per heavy atom. The minimum Gasteiger partial charge on any atom is -0.344 e. The molecule has 0 atom stereocenters. The van der Waals surface area contributed by atoms with E-state index in [-0.39, 0.29) is 42.6 Å². The van der Waals surface area contributed by atoms with E-state index >= 15 is 0 Å². The number of nitrogens with zero attached hydrogens (tertiary/aromatic N) is 1. The van der Waals surface area contributed by atoms with Crippen molar-refractivity contribution in [3.8, 4) is 0 Å². The van der Waals surface area contributed by atoms with Crippen LogP contribution < -0.4 is 5.32 Å². The van der Waals surface area contributed by atoms with E-state index in [1.165, 1.54) is 0 Å². The van der Waals surface area contributed by atoms with Crippen LogP contribution in [0.15, 0.2) is 17.5 Å². The van der Waals surface area contributed by atoms with E-state index in [1.54, 1.807) is 11.3 Å². The highest BCUT2D eigenvalue weighted by atomic mass is 32.1. The van der Waals surface area contributed by atoms with Crippen molar-refractivity contribution in [2.75, 3.05) is 6.54 Å². The van der Waals surface area contributed by atoms with Crippen LogP contribution in [0.2, 0.25) is 0 Å². The molecule has 1 N–H and O–H groups in total. The van der Waals surface area contributed by atoms with E-state index in [4.69, 9.17) is 0 Å². The van der Waals surface area contributed by atoms with Gasteiger partial charge in [-0.3, -0.25) is 19.3 Å². The molecule has 0 unspecified atom stereocenters. The highest BCUT2D eigenvalue weighted by Crippen LogP contribution is 2.40. The van der Waals surface area contributed by atoms with Crippen LogP contribution in [0, 0.1) is 0 Å². The summed E-state index contributed by atoms with van der Waals surface area (Å²) in [5, 5.41) is 5.10. The average molecular weight is 306 g/mol. The third-order valence-corrected chi connectivity index (χ3v) is 5.36. The van der Waals surface area contributed by atoms with E-state index in [0.29, 0.717) is 0 Å². The second kappa shape index (κ2) is 5.60. The average Bonchev–Trinajstić information content (AvgIpc) is 3.17. The van der Waals surface area contributed by atoms with Gasteiger partial charge in [0.1, 0.15) is 6.54 Å². The molecule has 1 aliphatic carbocycles. The molecule has 3 rings (SSSR count). The Balaban J connectivity index is 1.70. The summed E-state index contributed by atoms with van der Waals surface area (Å²) >= 11 is 1.64. The topological polar surface area (TPSA) is 66.5 Å². The Labute approximate surface area is 127 Å². The lowest BCUT2D eigenvalue weighted by Crippen LogP contribution is -2.48. The quantitative estimate of drug-likeness (QED) is 0.862. The summed E-state index contributed by atoms with van der Waals surface area (Å²) < 4.78 is 0. The van der Waals surface area contributed by atoms with Gasteiger partial charge in [0.2, 0.25) is 17.7 Å². The summed E-state index contributed by atoms with van der Waals surface area (Å²) in [6.45, 7) is -0.148. The predicted octanol–water partition coefficient (Wildman–Crippen LogP) is 1.78. The Bertz CT molecular complexity index is 545. The van der Waals surface area contributed by atoms with Crippen molar-refractivity contribution in [3.63, 3.8) is 0 Å². The van der Waals surface area contributed by atoms with Crippen molar-refractivity contribution >= 4 is 29.1 Å². The first kappa shape index (κ1) is 14.3. The normalized spacial score (nSPS) is 21.0. The molecule has 5 nitrogen and oxygen atoms in total. The molecule has 0 radical (unpaired) electrons. The molecule has 1 aliphatic heterocycles. The maximum atomic E-state index is 12.3. The van der Waals surface area contributed by atoms with Crippen LogP contribution in [-0.4, -0.2) is 29.2 Å². The molecule has 1 aromatic heterocycles. The third-order valence-electron chi connectivity index (χ3n) is 4.29. The van der Waals surface area contributed by atoms with Gasteiger partial charge in [-0.2, -0.15) is 0 Å². The van der Waals surface area contributed by atoms with Crippen LogP contribution in [0.3, 0.4) is 0 Å². The lowest BCUT2D eigenvalue weighted by Gasteiger charge is -2.30. The van der Waals surface area contributed by atoms with E-state index in [9.17, 15) is 14.4 Å². The van der Waals surface area contributed by atoms with Gasteiger partial charge < -0.3 is 5.32 Å². The first-order chi connectivity index (χ1) is 10.1. The predicted molar refractivity (Wildman–Crippen MR) is 78.6 cm³/mol. The summed E-state index contributed by atoms with van der Waals surface area (Å²) in [5.41, 5.74) is -0.308. The Kier molecular flexibility index (Phi) is 3.80. The van der Waals surface area contributed by atoms with Crippen molar-refractivity contribution < 1.29 is 14.4 Å². The van der Waals surface area contributed by atoms with Crippen LogP contribution in [-0.2, 0) is 19.9 Å². The van der Waals surface area contributed by atoms with E-state index in [0.717, 1.165) is 35.5 Å². The number of hydrogen-bond donors (Lipinski definition) is 1. The highest BCUT2D eigenvalue weighted by Gasteiger charge is 2.39. The van der Waals surface area contributed by atoms with Crippen molar-refractivity contribution in [3.05, 3.63) is 22.4 Å². The van der Waals surface area contributed by atoms with E-state index < -0.39 is 0 Å². The van der Waals surface area contributed by atoms with Crippen LogP contribution >= 0.6 is 11.3 Å². The fourth-order valence-electron chi connectivity index (χ4n) is 3.21. The van der Waals surface area contributed by atoms with E-state index in [1.807, 2.05) is 17.5 Å². The highest BCUT2D eigenvalue weighted by molar-refractivity contribution is 7.10. The number of amides is 3. The van der Waals surface area contributed by atoms with Gasteiger partial charge in [-0.1, -0.05) is 18.9 Å². The van der Waals surface area contributed by atoms with Crippen molar-refractivity contribution in [1.82, 2.24) is 10.2 Å². The van der Waals surface area contributed by atoms with Gasteiger partial charge >= 0.3 is 0 Å². The molecule has 2 aliphatic rings. The van der Waals surface area contributed by atoms with Crippen molar-refractivity contribution in [2.24, 2.45) is 0 Å². The smallest absolute Gasteiger partial charge is 0.240 e. The summed E-state index contributed by atoms with van der Waals surface area (Å²) in [5.74, 6) is -0.729. The Morgan fingerprint density at radius 3 is 2.48 bits per heavy atom. The maximum absolute atomic E-state index is 12.3. The standard InChI is InChI=1S/C15H18N2O3S/c18-12(10-17-13(19)5-6-14(17)20)16-15(7-1-2-8-15)11-4-3-9-21-11/h3-4,9H,1-2,5-8,10H2,(H,16,18). The summed E-state index contributed by atoms with van der Waals surface area (Å²) in [6.07, 6.45) is 4.45. The second-order valence-electron chi connectivity index (χ2n) is 5.69. The molecule has 1 saturated heterocycles. The molecule has 0 bridgehead atoms. The van der Waals surface area contributed by atoms with Gasteiger partial charge in [0, 0.05) is 17.7 Å². The molecule has 21 heavy (non-hydrogen) atoms. The molecule has 2 fully saturated rings. The second-order valence-corrected chi connectivity index (χ2v) is 6.64. The van der Waals surface area contributed by atoms with Gasteiger partial charge in [-0.25, -0.2) is 0 Å². The van der Waals surface area contributed by atoms with Gasteiger partial charge in [0.05, 0.1) is 5.54 Å². The first-order valence-corrected chi connectivity index (χ1v) is 8.17. The molecule has 0 aromatic carbocycles. The fourth-order valence-corrected chi connectivity index (χ4v) is 4.15. The largest absolute Gasteiger partial charge is 0.344 e. The molecule has 1 saturated carbocycles. The molecule has 6 heteroatoms. The Hall–Kier alpha value is -1.69. The summed E-state index contributed by atoms with van der Waals surface area (Å²) in [7, 11) is 0. The lowest BCUT2D eigenvalue weighted by atomic mass is 9.95. The zero-order valence-corrected chi connectivity index (χ0v) is 12.6. The zero-order chi connectivity index (χ0) is 14.9. The SMILES string of the molecule is O=C(CN1C(=O)CCC1=O)NC1(c2cccs2)CCCC1. The van der Waals surface area contributed by atoms with Gasteiger partial charge in [0.25, 0.3) is 0 Å². The molecule has 112 valence electrons. The number of carbonyl (C=O) groups excluding carboxylic acids is 3. The zero-order valence-electron chi connectivity index (χ0n) is 11.8. The van der Waals surface area contributed by atoms with Gasteiger partial charge in [-0.15, -0.1) is 11.3 Å². The van der Waals surface area contributed by atoms with Gasteiger partial charge in [0.15, 0.2) is 0 Å². The summed E-state index contributed by atoms with van der Waals surface area (Å²) in [6, 6.07) is 4.03. The lowest BCUT2D eigenvalue weighted by molar-refractivity contribution is -0.142. The Morgan fingerprint density at radius 1 is 1.24 bits per heavy atom. The van der Waals surface area contributed by atoms with Crippen LogP contribution in [0.25, 0.3) is 0 Å². The van der Waals surface area contributed by atoms with E-state index in [2.05, 4.69) is 5.32 Å². The minimum atomic E-state index is -0.308. The van der Waals surface area contributed by atoms with Gasteiger partial charge in [-0.05, 0) is 24.3 Å². The number of nitrogens with one attached hydrogen (secondary N) is 1. The molecular formula is C15H18N2O3S.